The Morgan fingerprint density at radius 3 is 2.00 bits per heavy atom. The number of aryl methyl sites for hydroxylation is 3. The fourth-order valence-corrected chi connectivity index (χ4v) is 5.69. The van der Waals surface area contributed by atoms with Crippen LogP contribution in [0.25, 0.3) is 0 Å². The number of rotatable bonds is 11. The second kappa shape index (κ2) is 12.9. The predicted molar refractivity (Wildman–Crippen MR) is 156 cm³/mol. The Hall–Kier alpha value is -3.65. The van der Waals surface area contributed by atoms with E-state index in [1.165, 1.54) is 4.90 Å². The highest BCUT2D eigenvalue weighted by molar-refractivity contribution is 7.92. The Kier molecular flexibility index (Phi) is 9.92. The van der Waals surface area contributed by atoms with Gasteiger partial charge in [0.2, 0.25) is 11.8 Å². The van der Waals surface area contributed by atoms with Crippen LogP contribution < -0.4 is 9.62 Å². The number of anilines is 1. The highest BCUT2D eigenvalue weighted by Crippen LogP contribution is 2.27. The van der Waals surface area contributed by atoms with Gasteiger partial charge in [0.1, 0.15) is 12.6 Å². The van der Waals surface area contributed by atoms with Crippen LogP contribution in [0.1, 0.15) is 49.4 Å². The van der Waals surface area contributed by atoms with Crippen LogP contribution in [0.15, 0.2) is 77.7 Å². The number of sulfonamides is 1. The summed E-state index contributed by atoms with van der Waals surface area (Å²) < 4.78 is 29.0. The molecule has 0 saturated carbocycles. The summed E-state index contributed by atoms with van der Waals surface area (Å²) in [7, 11) is -4.09. The lowest BCUT2D eigenvalue weighted by molar-refractivity contribution is -0.139. The summed E-state index contributed by atoms with van der Waals surface area (Å²) in [5.41, 5.74) is 3.93. The molecule has 208 valence electrons. The van der Waals surface area contributed by atoms with Crippen molar-refractivity contribution in [2.75, 3.05) is 10.8 Å². The lowest BCUT2D eigenvalue weighted by Crippen LogP contribution is -2.52. The average Bonchev–Trinajstić information content (AvgIpc) is 2.89. The average molecular weight is 550 g/mol. The monoisotopic (exact) mass is 549 g/mol. The Morgan fingerprint density at radius 2 is 1.44 bits per heavy atom. The molecule has 2 unspecified atom stereocenters. The van der Waals surface area contributed by atoms with Gasteiger partial charge in [0.15, 0.2) is 0 Å². The molecule has 3 rings (SSSR count). The minimum Gasteiger partial charge on any atom is -0.352 e. The number of hydrogen-bond acceptors (Lipinski definition) is 4. The summed E-state index contributed by atoms with van der Waals surface area (Å²) >= 11 is 0. The van der Waals surface area contributed by atoms with E-state index in [1.54, 1.807) is 43.3 Å². The molecule has 0 aromatic heterocycles. The summed E-state index contributed by atoms with van der Waals surface area (Å²) in [5, 5.41) is 2.95. The zero-order valence-electron chi connectivity index (χ0n) is 23.6. The van der Waals surface area contributed by atoms with E-state index in [9.17, 15) is 18.0 Å². The van der Waals surface area contributed by atoms with Gasteiger partial charge >= 0.3 is 0 Å². The molecule has 0 heterocycles. The van der Waals surface area contributed by atoms with Gasteiger partial charge < -0.3 is 10.2 Å². The molecule has 1 N–H and O–H groups in total. The van der Waals surface area contributed by atoms with Crippen LogP contribution in [-0.4, -0.2) is 43.8 Å². The van der Waals surface area contributed by atoms with Crippen LogP contribution in [0.3, 0.4) is 0 Å². The van der Waals surface area contributed by atoms with Gasteiger partial charge in [-0.25, -0.2) is 8.42 Å². The van der Waals surface area contributed by atoms with E-state index in [0.29, 0.717) is 5.69 Å². The summed E-state index contributed by atoms with van der Waals surface area (Å²) in [6, 6.07) is 20.5. The minimum atomic E-state index is -4.09. The molecule has 39 heavy (non-hydrogen) atoms. The molecule has 3 aromatic carbocycles. The number of hydrogen-bond donors (Lipinski definition) is 1. The van der Waals surface area contributed by atoms with E-state index in [-0.39, 0.29) is 23.4 Å². The van der Waals surface area contributed by atoms with Gasteiger partial charge in [-0.3, -0.25) is 13.9 Å². The van der Waals surface area contributed by atoms with Crippen molar-refractivity contribution in [2.24, 2.45) is 0 Å². The third-order valence-electron chi connectivity index (χ3n) is 6.75. The molecule has 0 aliphatic heterocycles. The standard InChI is InChI=1S/C31H39N3O4S/c1-7-25(5)32-31(36)26(6)33(20-27-11-9-8-10-12-27)30(35)21-34(28-18-23(3)17-24(4)19-28)39(37,38)29-15-13-22(2)14-16-29/h8-19,25-26H,7,20-21H2,1-6H3,(H,32,36). The molecule has 8 heteroatoms. The molecule has 0 saturated heterocycles. The zero-order valence-corrected chi connectivity index (χ0v) is 24.5. The quantitative estimate of drug-likeness (QED) is 0.359. The molecule has 0 bridgehead atoms. The van der Waals surface area contributed by atoms with E-state index in [4.69, 9.17) is 0 Å². The number of carbonyl (C=O) groups is 2. The highest BCUT2D eigenvalue weighted by Gasteiger charge is 2.33. The maximum atomic E-state index is 14.0. The SMILES string of the molecule is CCC(C)NC(=O)C(C)N(Cc1ccccc1)C(=O)CN(c1cc(C)cc(C)c1)S(=O)(=O)c1ccc(C)cc1. The maximum Gasteiger partial charge on any atom is 0.264 e. The van der Waals surface area contributed by atoms with Crippen molar-refractivity contribution < 1.29 is 18.0 Å². The predicted octanol–water partition coefficient (Wildman–Crippen LogP) is 5.14. The first-order chi connectivity index (χ1) is 18.4. The minimum absolute atomic E-state index is 0.0534. The van der Waals surface area contributed by atoms with Gasteiger partial charge in [-0.15, -0.1) is 0 Å². The smallest absolute Gasteiger partial charge is 0.264 e. The maximum absolute atomic E-state index is 14.0. The van der Waals surface area contributed by atoms with Gasteiger partial charge in [0, 0.05) is 12.6 Å². The molecular formula is C31H39N3O4S. The fraction of sp³-hybridized carbons (Fsp3) is 0.355. The van der Waals surface area contributed by atoms with E-state index >= 15 is 0 Å². The number of nitrogens with zero attached hydrogens (tertiary/aromatic N) is 2. The molecule has 0 aliphatic rings. The third kappa shape index (κ3) is 7.69. The van der Waals surface area contributed by atoms with Crippen molar-refractivity contribution in [3.8, 4) is 0 Å². The van der Waals surface area contributed by atoms with Crippen LogP contribution in [0.5, 0.6) is 0 Å². The summed E-state index contributed by atoms with van der Waals surface area (Å²) in [5.74, 6) is -0.756. The van der Waals surface area contributed by atoms with Crippen molar-refractivity contribution in [2.45, 2.75) is 71.5 Å². The van der Waals surface area contributed by atoms with Gasteiger partial charge in [-0.05, 0) is 82.0 Å². The molecule has 0 aliphatic carbocycles. The molecule has 2 atom stereocenters. The molecule has 0 spiro atoms. The lowest BCUT2D eigenvalue weighted by Gasteiger charge is -2.32. The van der Waals surface area contributed by atoms with E-state index in [1.807, 2.05) is 71.0 Å². The molecule has 0 fully saturated rings. The van der Waals surface area contributed by atoms with Gasteiger partial charge in [0.25, 0.3) is 10.0 Å². The van der Waals surface area contributed by atoms with Crippen LogP contribution in [0, 0.1) is 20.8 Å². The Labute approximate surface area is 232 Å². The lowest BCUT2D eigenvalue weighted by atomic mass is 10.1. The van der Waals surface area contributed by atoms with Gasteiger partial charge in [0.05, 0.1) is 10.6 Å². The van der Waals surface area contributed by atoms with Crippen LogP contribution in [0.2, 0.25) is 0 Å². The topological polar surface area (TPSA) is 86.8 Å². The fourth-order valence-electron chi connectivity index (χ4n) is 4.29. The first-order valence-electron chi connectivity index (χ1n) is 13.2. The molecular weight excluding hydrogens is 510 g/mol. The normalized spacial score (nSPS) is 12.9. The van der Waals surface area contributed by atoms with Crippen molar-refractivity contribution in [1.29, 1.82) is 0 Å². The number of amides is 2. The third-order valence-corrected chi connectivity index (χ3v) is 8.53. The van der Waals surface area contributed by atoms with E-state index in [2.05, 4.69) is 5.32 Å². The number of nitrogens with one attached hydrogen (secondary N) is 1. The number of carbonyl (C=O) groups excluding carboxylic acids is 2. The van der Waals surface area contributed by atoms with Gasteiger partial charge in [-0.2, -0.15) is 0 Å². The molecule has 7 nitrogen and oxygen atoms in total. The van der Waals surface area contributed by atoms with E-state index < -0.39 is 28.5 Å². The second-order valence-corrected chi connectivity index (χ2v) is 12.0. The van der Waals surface area contributed by atoms with Crippen LogP contribution in [-0.2, 0) is 26.2 Å². The van der Waals surface area contributed by atoms with E-state index in [0.717, 1.165) is 33.0 Å². The Morgan fingerprint density at radius 1 is 0.846 bits per heavy atom. The van der Waals surface area contributed by atoms with Crippen molar-refractivity contribution in [3.05, 3.63) is 95.1 Å². The largest absolute Gasteiger partial charge is 0.352 e. The summed E-state index contributed by atoms with van der Waals surface area (Å²) in [4.78, 5) is 28.6. The zero-order chi connectivity index (χ0) is 28.7. The van der Waals surface area contributed by atoms with Gasteiger partial charge in [-0.1, -0.05) is 61.0 Å². The second-order valence-electron chi connectivity index (χ2n) is 10.2. The van der Waals surface area contributed by atoms with Crippen molar-refractivity contribution >= 4 is 27.5 Å². The van der Waals surface area contributed by atoms with Crippen LogP contribution >= 0.6 is 0 Å². The molecule has 3 aromatic rings. The number of benzene rings is 3. The first-order valence-corrected chi connectivity index (χ1v) is 14.7. The Bertz CT molecular complexity index is 1370. The first kappa shape index (κ1) is 29.9. The summed E-state index contributed by atoms with van der Waals surface area (Å²) in [6.45, 7) is 10.9. The highest BCUT2D eigenvalue weighted by atomic mass is 32.2. The van der Waals surface area contributed by atoms with Crippen LogP contribution in [0.4, 0.5) is 5.69 Å². The van der Waals surface area contributed by atoms with Crippen molar-refractivity contribution in [1.82, 2.24) is 10.2 Å². The summed E-state index contributed by atoms with van der Waals surface area (Å²) in [6.07, 6.45) is 0.750. The molecule has 2 amide bonds. The van der Waals surface area contributed by atoms with Crippen molar-refractivity contribution in [3.63, 3.8) is 0 Å². The Balaban J connectivity index is 2.04. The molecule has 0 radical (unpaired) electrons.